The fourth-order valence-corrected chi connectivity index (χ4v) is 8.47. The largest absolute Gasteiger partial charge is 0.379 e. The van der Waals surface area contributed by atoms with Crippen molar-refractivity contribution in [1.82, 2.24) is 4.98 Å². The summed E-state index contributed by atoms with van der Waals surface area (Å²) in [5.41, 5.74) is 5.41. The van der Waals surface area contributed by atoms with E-state index < -0.39 is 13.0 Å². The van der Waals surface area contributed by atoms with Crippen LogP contribution in [0.4, 0.5) is 5.82 Å². The molecule has 0 aliphatic carbocycles. The highest BCUT2D eigenvalue weighted by molar-refractivity contribution is 6.90. The molecule has 0 aromatic carbocycles. The van der Waals surface area contributed by atoms with Crippen molar-refractivity contribution in [3.8, 4) is 11.5 Å². The molecule has 0 unspecified atom stereocenters. The Morgan fingerprint density at radius 2 is 1.67 bits per heavy atom. The number of pyridine rings is 1. The van der Waals surface area contributed by atoms with Gasteiger partial charge in [0.25, 0.3) is 0 Å². The van der Waals surface area contributed by atoms with Crippen molar-refractivity contribution in [2.75, 3.05) is 0 Å². The van der Waals surface area contributed by atoms with Gasteiger partial charge in [0.2, 0.25) is 0 Å². The molecule has 5 heteroatoms. The van der Waals surface area contributed by atoms with E-state index in [1.54, 1.807) is 12.1 Å². The maximum absolute atomic E-state index is 11.0. The fraction of sp³-hybridized carbons (Fsp3) is 0.562. The number of aromatic nitrogens is 1. The second-order valence-corrected chi connectivity index (χ2v) is 11.9. The van der Waals surface area contributed by atoms with Gasteiger partial charge in [-0.1, -0.05) is 47.5 Å². The predicted octanol–water partition coefficient (Wildman–Crippen LogP) is 4.56. The molecule has 0 bridgehead atoms. The lowest BCUT2D eigenvalue weighted by molar-refractivity contribution is -0.389. The van der Waals surface area contributed by atoms with Crippen LogP contribution in [0.5, 0.6) is 0 Å². The van der Waals surface area contributed by atoms with Crippen molar-refractivity contribution in [3.63, 3.8) is 0 Å². The Bertz CT molecular complexity index is 549. The van der Waals surface area contributed by atoms with Crippen molar-refractivity contribution < 1.29 is 4.92 Å². The third kappa shape index (κ3) is 3.51. The summed E-state index contributed by atoms with van der Waals surface area (Å²) in [6.45, 7) is 13.3. The van der Waals surface area contributed by atoms with Crippen LogP contribution in [0.1, 0.15) is 47.1 Å². The van der Waals surface area contributed by atoms with Crippen molar-refractivity contribution in [2.45, 2.75) is 58.2 Å². The van der Waals surface area contributed by atoms with E-state index in [9.17, 15) is 10.1 Å². The highest BCUT2D eigenvalue weighted by Crippen LogP contribution is 2.40. The topological polar surface area (TPSA) is 56.0 Å². The average Bonchev–Trinajstić information content (AvgIpc) is 2.38. The van der Waals surface area contributed by atoms with Gasteiger partial charge in [-0.15, -0.1) is 5.54 Å². The highest BCUT2D eigenvalue weighted by Gasteiger charge is 2.41. The zero-order valence-corrected chi connectivity index (χ0v) is 14.7. The molecule has 1 aromatic heterocycles. The Morgan fingerprint density at radius 1 is 1.14 bits per heavy atom. The SMILES string of the molecule is CC(C)[Si](C#Cc1cccnc1[N+](=O)[O-])(C(C)C)C(C)C. The Balaban J connectivity index is 3.39. The molecule has 0 amide bonds. The number of nitrogens with zero attached hydrogens (tertiary/aromatic N) is 2. The van der Waals surface area contributed by atoms with Gasteiger partial charge in [0.1, 0.15) is 19.8 Å². The van der Waals surface area contributed by atoms with Crippen LogP contribution in [0.3, 0.4) is 0 Å². The summed E-state index contributed by atoms with van der Waals surface area (Å²) in [5, 5.41) is 11.0. The second kappa shape index (κ2) is 6.86. The summed E-state index contributed by atoms with van der Waals surface area (Å²) in [6.07, 6.45) is 1.43. The van der Waals surface area contributed by atoms with Gasteiger partial charge in [-0.3, -0.25) is 0 Å². The van der Waals surface area contributed by atoms with Crippen molar-refractivity contribution >= 4 is 13.9 Å². The van der Waals surface area contributed by atoms with Gasteiger partial charge >= 0.3 is 5.82 Å². The van der Waals surface area contributed by atoms with Crippen molar-refractivity contribution in [2.24, 2.45) is 0 Å². The molecule has 1 aromatic rings. The van der Waals surface area contributed by atoms with Crippen molar-refractivity contribution in [3.05, 3.63) is 34.0 Å². The standard InChI is InChI=1S/C16H24N2O2Si/c1-12(2)21(13(3)4,14(5)6)11-9-15-8-7-10-17-16(15)18(19)20/h7-8,10,12-14H,1-6H3. The van der Waals surface area contributed by atoms with Crippen LogP contribution in [-0.2, 0) is 0 Å². The third-order valence-corrected chi connectivity index (χ3v) is 10.5. The van der Waals surface area contributed by atoms with Gasteiger partial charge in [0, 0.05) is 0 Å². The van der Waals surface area contributed by atoms with E-state index in [1.807, 2.05) is 0 Å². The van der Waals surface area contributed by atoms with E-state index >= 15 is 0 Å². The van der Waals surface area contributed by atoms with Crippen LogP contribution < -0.4 is 0 Å². The molecule has 0 spiro atoms. The summed E-state index contributed by atoms with van der Waals surface area (Å²) in [6, 6.07) is 3.37. The minimum atomic E-state index is -1.88. The van der Waals surface area contributed by atoms with Crippen LogP contribution in [0.2, 0.25) is 16.6 Å². The van der Waals surface area contributed by atoms with Gasteiger partial charge in [-0.05, 0) is 38.7 Å². The van der Waals surface area contributed by atoms with Gasteiger partial charge in [-0.2, -0.15) is 0 Å². The first-order valence-electron chi connectivity index (χ1n) is 7.36. The Kier molecular flexibility index (Phi) is 5.67. The van der Waals surface area contributed by atoms with Gasteiger partial charge in [-0.25, -0.2) is 0 Å². The smallest absolute Gasteiger partial charge is 0.358 e. The maximum Gasteiger partial charge on any atom is 0.379 e. The zero-order valence-electron chi connectivity index (χ0n) is 13.7. The molecular weight excluding hydrogens is 280 g/mol. The molecule has 114 valence electrons. The molecule has 1 rings (SSSR count). The van der Waals surface area contributed by atoms with E-state index in [0.717, 1.165) is 0 Å². The fourth-order valence-electron chi connectivity index (χ4n) is 3.25. The lowest BCUT2D eigenvalue weighted by Crippen LogP contribution is -2.43. The molecule has 4 nitrogen and oxygen atoms in total. The van der Waals surface area contributed by atoms with E-state index in [-0.39, 0.29) is 5.82 Å². The molecule has 1 heterocycles. The third-order valence-electron chi connectivity index (χ3n) is 4.24. The van der Waals surface area contributed by atoms with Crippen LogP contribution in [0.15, 0.2) is 18.3 Å². The molecule has 0 saturated heterocycles. The van der Waals surface area contributed by atoms with Crippen LogP contribution >= 0.6 is 0 Å². The minimum absolute atomic E-state index is 0.149. The number of rotatable bonds is 4. The van der Waals surface area contributed by atoms with Crippen LogP contribution in [-0.4, -0.2) is 18.0 Å². The van der Waals surface area contributed by atoms with Crippen molar-refractivity contribution in [1.29, 1.82) is 0 Å². The summed E-state index contributed by atoms with van der Waals surface area (Å²) in [4.78, 5) is 14.4. The Hall–Kier alpha value is -1.67. The molecule has 0 fully saturated rings. The molecule has 0 N–H and O–H groups in total. The monoisotopic (exact) mass is 304 g/mol. The Morgan fingerprint density at radius 3 is 2.10 bits per heavy atom. The molecule has 0 aliphatic heterocycles. The molecular formula is C16H24N2O2Si. The van der Waals surface area contributed by atoms with Crippen LogP contribution in [0, 0.1) is 21.6 Å². The lowest BCUT2D eigenvalue weighted by Gasteiger charge is -2.38. The van der Waals surface area contributed by atoms with E-state index in [2.05, 4.69) is 58.0 Å². The summed E-state index contributed by atoms with van der Waals surface area (Å²) in [5.74, 6) is 2.94. The van der Waals surface area contributed by atoms with E-state index in [0.29, 0.717) is 22.2 Å². The average molecular weight is 304 g/mol. The molecule has 0 aliphatic rings. The number of hydrogen-bond donors (Lipinski definition) is 0. The van der Waals surface area contributed by atoms with Gasteiger partial charge < -0.3 is 10.1 Å². The van der Waals surface area contributed by atoms with E-state index in [4.69, 9.17) is 0 Å². The Labute approximate surface area is 128 Å². The lowest BCUT2D eigenvalue weighted by atomic mass is 10.3. The highest BCUT2D eigenvalue weighted by atomic mass is 28.3. The number of hydrogen-bond acceptors (Lipinski definition) is 3. The predicted molar refractivity (Wildman–Crippen MR) is 88.8 cm³/mol. The number of nitro groups is 1. The van der Waals surface area contributed by atoms with Gasteiger partial charge in [0.05, 0.1) is 0 Å². The summed E-state index contributed by atoms with van der Waals surface area (Å²) >= 11 is 0. The molecule has 21 heavy (non-hydrogen) atoms. The quantitative estimate of drug-likeness (QED) is 0.354. The second-order valence-electron chi connectivity index (χ2n) is 6.28. The first kappa shape index (κ1) is 17.4. The normalized spacial score (nSPS) is 11.7. The van der Waals surface area contributed by atoms with Gasteiger partial charge in [0.15, 0.2) is 0 Å². The zero-order chi connectivity index (χ0) is 16.2. The maximum atomic E-state index is 11.0. The first-order valence-corrected chi connectivity index (χ1v) is 9.59. The molecule has 0 radical (unpaired) electrons. The van der Waals surface area contributed by atoms with Crippen LogP contribution in [0.25, 0.3) is 0 Å². The molecule has 0 atom stereocenters. The summed E-state index contributed by atoms with van der Waals surface area (Å²) < 4.78 is 0. The first-order chi connectivity index (χ1) is 9.73. The van der Waals surface area contributed by atoms with E-state index in [1.165, 1.54) is 6.20 Å². The minimum Gasteiger partial charge on any atom is -0.358 e. The summed E-state index contributed by atoms with van der Waals surface area (Å²) in [7, 11) is -1.88. The molecule has 0 saturated carbocycles.